The molecule has 0 aromatic carbocycles. The van der Waals surface area contributed by atoms with E-state index in [1.54, 1.807) is 0 Å². The molecule has 1 aliphatic rings. The van der Waals surface area contributed by atoms with Crippen molar-refractivity contribution in [3.63, 3.8) is 0 Å². The molecule has 0 unspecified atom stereocenters. The highest BCUT2D eigenvalue weighted by Gasteiger charge is 2.16. The smallest absolute Gasteiger partial charge is 0.223 e. The summed E-state index contributed by atoms with van der Waals surface area (Å²) in [5.41, 5.74) is 0. The average Bonchev–Trinajstić information content (AvgIpc) is 2.37. The van der Waals surface area contributed by atoms with Gasteiger partial charge in [0.1, 0.15) is 0 Å². The second-order valence-corrected chi connectivity index (χ2v) is 5.03. The van der Waals surface area contributed by atoms with Crippen molar-refractivity contribution in [2.24, 2.45) is 0 Å². The summed E-state index contributed by atoms with van der Waals surface area (Å²) in [5, 5.41) is 0. The molecule has 1 fully saturated rings. The molecule has 0 saturated carbocycles. The van der Waals surface area contributed by atoms with E-state index in [2.05, 4.69) is 23.6 Å². The van der Waals surface area contributed by atoms with Gasteiger partial charge in [0.2, 0.25) is 5.91 Å². The van der Waals surface area contributed by atoms with Gasteiger partial charge < -0.3 is 9.80 Å². The van der Waals surface area contributed by atoms with E-state index in [0.717, 1.165) is 32.7 Å². The lowest BCUT2D eigenvalue weighted by molar-refractivity contribution is -0.132. The minimum atomic E-state index is 0.363. The number of amides is 1. The highest BCUT2D eigenvalue weighted by Crippen LogP contribution is 2.10. The largest absolute Gasteiger partial charge is 0.343 e. The van der Waals surface area contributed by atoms with Gasteiger partial charge in [-0.15, -0.1) is 0 Å². The number of carbonyl (C=O) groups is 1. The molecule has 0 N–H and O–H groups in total. The second kappa shape index (κ2) is 8.51. The lowest BCUT2D eigenvalue weighted by Gasteiger charge is -2.28. The number of piperidine rings is 1. The normalized spacial score (nSPS) is 16.5. The maximum atomic E-state index is 12.0. The van der Waals surface area contributed by atoms with Crippen LogP contribution >= 0.6 is 0 Å². The Morgan fingerprint density at radius 1 is 1.00 bits per heavy atom. The van der Waals surface area contributed by atoms with E-state index >= 15 is 0 Å². The Balaban J connectivity index is 2.24. The monoisotopic (exact) mass is 240 g/mol. The number of carbonyl (C=O) groups excluding carboxylic acids is 1. The van der Waals surface area contributed by atoms with Gasteiger partial charge in [0.25, 0.3) is 0 Å². The van der Waals surface area contributed by atoms with Crippen molar-refractivity contribution < 1.29 is 4.79 Å². The lowest BCUT2D eigenvalue weighted by Crippen LogP contribution is -2.38. The summed E-state index contributed by atoms with van der Waals surface area (Å²) < 4.78 is 0. The van der Waals surface area contributed by atoms with Gasteiger partial charge in [0, 0.05) is 26.1 Å². The quantitative estimate of drug-likeness (QED) is 0.682. The molecule has 0 spiro atoms. The van der Waals surface area contributed by atoms with E-state index in [4.69, 9.17) is 0 Å². The molecule has 0 aromatic rings. The fraction of sp³-hybridized carbons (Fsp3) is 0.929. The Kier molecular flexibility index (Phi) is 7.25. The zero-order valence-electron chi connectivity index (χ0n) is 11.6. The molecule has 3 heteroatoms. The third-order valence-electron chi connectivity index (χ3n) is 3.43. The van der Waals surface area contributed by atoms with Gasteiger partial charge >= 0.3 is 0 Å². The van der Waals surface area contributed by atoms with Crippen LogP contribution in [0.25, 0.3) is 0 Å². The maximum Gasteiger partial charge on any atom is 0.223 e. The van der Waals surface area contributed by atoms with Gasteiger partial charge in [-0.2, -0.15) is 0 Å². The zero-order valence-corrected chi connectivity index (χ0v) is 11.6. The van der Waals surface area contributed by atoms with Crippen LogP contribution in [0.4, 0.5) is 0 Å². The van der Waals surface area contributed by atoms with Crippen LogP contribution in [-0.4, -0.2) is 48.4 Å². The number of likely N-dealkylation sites (tertiary alicyclic amines) is 1. The van der Waals surface area contributed by atoms with E-state index in [1.807, 2.05) is 0 Å². The molecule has 1 aliphatic heterocycles. The second-order valence-electron chi connectivity index (χ2n) is 5.03. The number of hydrogen-bond acceptors (Lipinski definition) is 2. The first-order chi connectivity index (χ1) is 8.27. The SMILES string of the molecule is CCCN(CCC)CCC(=O)N1CCCCC1. The van der Waals surface area contributed by atoms with Crippen LogP contribution in [0.5, 0.6) is 0 Å². The van der Waals surface area contributed by atoms with E-state index in [9.17, 15) is 4.79 Å². The van der Waals surface area contributed by atoms with Crippen molar-refractivity contribution >= 4 is 5.91 Å². The highest BCUT2D eigenvalue weighted by molar-refractivity contribution is 5.76. The third-order valence-corrected chi connectivity index (χ3v) is 3.43. The summed E-state index contributed by atoms with van der Waals surface area (Å²) in [7, 11) is 0. The molecule has 0 radical (unpaired) electrons. The molecule has 1 heterocycles. The molecule has 0 aromatic heterocycles. The van der Waals surface area contributed by atoms with Crippen molar-refractivity contribution in [1.82, 2.24) is 9.80 Å². The number of rotatable bonds is 7. The first kappa shape index (κ1) is 14.5. The molecular formula is C14H28N2O. The first-order valence-corrected chi connectivity index (χ1v) is 7.28. The highest BCUT2D eigenvalue weighted by atomic mass is 16.2. The Labute approximate surface area is 106 Å². The molecule has 17 heavy (non-hydrogen) atoms. The molecule has 0 atom stereocenters. The van der Waals surface area contributed by atoms with E-state index in [1.165, 1.54) is 32.1 Å². The zero-order chi connectivity index (χ0) is 12.5. The molecular weight excluding hydrogens is 212 g/mol. The molecule has 100 valence electrons. The van der Waals surface area contributed by atoms with Crippen LogP contribution in [-0.2, 0) is 4.79 Å². The first-order valence-electron chi connectivity index (χ1n) is 7.28. The van der Waals surface area contributed by atoms with E-state index in [0.29, 0.717) is 12.3 Å². The van der Waals surface area contributed by atoms with Gasteiger partial charge in [-0.3, -0.25) is 4.79 Å². The minimum Gasteiger partial charge on any atom is -0.343 e. The maximum absolute atomic E-state index is 12.0. The summed E-state index contributed by atoms with van der Waals surface area (Å²) in [6.07, 6.45) is 6.75. The van der Waals surface area contributed by atoms with Crippen molar-refractivity contribution in [2.45, 2.75) is 52.4 Å². The van der Waals surface area contributed by atoms with Crippen molar-refractivity contribution in [3.8, 4) is 0 Å². The van der Waals surface area contributed by atoms with Crippen LogP contribution in [0.2, 0.25) is 0 Å². The third kappa shape index (κ3) is 5.53. The van der Waals surface area contributed by atoms with Crippen LogP contribution in [0.15, 0.2) is 0 Å². The predicted octanol–water partition coefficient (Wildman–Crippen LogP) is 2.51. The Hall–Kier alpha value is -0.570. The molecule has 0 aliphatic carbocycles. The van der Waals surface area contributed by atoms with Gasteiger partial charge in [0.15, 0.2) is 0 Å². The van der Waals surface area contributed by atoms with Gasteiger partial charge in [-0.1, -0.05) is 13.8 Å². The minimum absolute atomic E-state index is 0.363. The molecule has 1 amide bonds. The summed E-state index contributed by atoms with van der Waals surface area (Å²) in [6.45, 7) is 9.57. The fourth-order valence-electron chi connectivity index (χ4n) is 2.52. The molecule has 1 saturated heterocycles. The van der Waals surface area contributed by atoms with Gasteiger partial charge in [-0.05, 0) is 45.2 Å². The summed E-state index contributed by atoms with van der Waals surface area (Å²) in [4.78, 5) is 16.5. The topological polar surface area (TPSA) is 23.6 Å². The van der Waals surface area contributed by atoms with E-state index < -0.39 is 0 Å². The average molecular weight is 240 g/mol. The summed E-state index contributed by atoms with van der Waals surface area (Å²) in [5.74, 6) is 0.363. The van der Waals surface area contributed by atoms with Gasteiger partial charge in [-0.25, -0.2) is 0 Å². The molecule has 3 nitrogen and oxygen atoms in total. The Morgan fingerprint density at radius 2 is 1.59 bits per heavy atom. The summed E-state index contributed by atoms with van der Waals surface area (Å²) in [6, 6.07) is 0. The van der Waals surface area contributed by atoms with Crippen LogP contribution in [0.3, 0.4) is 0 Å². The number of nitrogens with zero attached hydrogens (tertiary/aromatic N) is 2. The fourth-order valence-corrected chi connectivity index (χ4v) is 2.52. The van der Waals surface area contributed by atoms with Crippen LogP contribution in [0.1, 0.15) is 52.4 Å². The predicted molar refractivity (Wildman–Crippen MR) is 72.1 cm³/mol. The standard InChI is InChI=1S/C14H28N2O/c1-3-9-15(10-4-2)13-8-14(17)16-11-6-5-7-12-16/h3-13H2,1-2H3. The Bertz CT molecular complexity index is 206. The number of hydrogen-bond donors (Lipinski definition) is 0. The Morgan fingerprint density at radius 3 is 2.12 bits per heavy atom. The van der Waals surface area contributed by atoms with Crippen molar-refractivity contribution in [3.05, 3.63) is 0 Å². The molecule has 0 bridgehead atoms. The van der Waals surface area contributed by atoms with Crippen LogP contribution in [0, 0.1) is 0 Å². The van der Waals surface area contributed by atoms with Crippen LogP contribution < -0.4 is 0 Å². The van der Waals surface area contributed by atoms with Crippen molar-refractivity contribution in [2.75, 3.05) is 32.7 Å². The van der Waals surface area contributed by atoms with Gasteiger partial charge in [0.05, 0.1) is 0 Å². The van der Waals surface area contributed by atoms with Crippen molar-refractivity contribution in [1.29, 1.82) is 0 Å². The van der Waals surface area contributed by atoms with E-state index in [-0.39, 0.29) is 0 Å². The summed E-state index contributed by atoms with van der Waals surface area (Å²) >= 11 is 0. The molecule has 1 rings (SSSR count). The lowest BCUT2D eigenvalue weighted by atomic mass is 10.1.